The molecule has 0 spiro atoms. The van der Waals surface area contributed by atoms with Gasteiger partial charge in [-0.25, -0.2) is 4.39 Å². The fourth-order valence-electron chi connectivity index (χ4n) is 2.61. The molecule has 1 N–H and O–H groups in total. The van der Waals surface area contributed by atoms with Gasteiger partial charge in [0, 0.05) is 5.56 Å². The Morgan fingerprint density at radius 2 is 2.14 bits per heavy atom. The summed E-state index contributed by atoms with van der Waals surface area (Å²) in [5, 5.41) is 18.8. The number of fused-ring (bicyclic) bond motifs is 1. The zero-order valence-corrected chi connectivity index (χ0v) is 11.3. The smallest absolute Gasteiger partial charge is 0.123 e. The Kier molecular flexibility index (Phi) is 3.59. The third kappa shape index (κ3) is 2.74. The van der Waals surface area contributed by atoms with E-state index >= 15 is 0 Å². The monoisotopic (exact) mass is 283 g/mol. The van der Waals surface area contributed by atoms with Crippen LogP contribution in [0, 0.1) is 17.1 Å². The lowest BCUT2D eigenvalue weighted by molar-refractivity contribution is 0.180. The van der Waals surface area contributed by atoms with Crippen molar-refractivity contribution < 1.29 is 14.2 Å². The van der Waals surface area contributed by atoms with Crippen LogP contribution in [0.25, 0.3) is 0 Å². The number of hydrogen-bond donors (Lipinski definition) is 1. The van der Waals surface area contributed by atoms with Crippen LogP contribution in [0.15, 0.2) is 36.4 Å². The van der Waals surface area contributed by atoms with Crippen molar-refractivity contribution in [3.8, 4) is 11.8 Å². The molecule has 4 heteroatoms. The molecule has 1 aliphatic carbocycles. The van der Waals surface area contributed by atoms with E-state index in [1.807, 2.05) is 18.2 Å². The summed E-state index contributed by atoms with van der Waals surface area (Å²) in [5.41, 5.74) is 2.97. The molecule has 1 aliphatic rings. The molecule has 21 heavy (non-hydrogen) atoms. The summed E-state index contributed by atoms with van der Waals surface area (Å²) in [6.45, 7) is 0.141. The van der Waals surface area contributed by atoms with Crippen molar-refractivity contribution in [3.63, 3.8) is 0 Å². The Hall–Kier alpha value is -2.38. The van der Waals surface area contributed by atoms with Crippen LogP contribution in [0.1, 0.15) is 34.8 Å². The van der Waals surface area contributed by atoms with Crippen LogP contribution in [0.5, 0.6) is 5.75 Å². The van der Waals surface area contributed by atoms with Crippen LogP contribution in [0.3, 0.4) is 0 Å². The fraction of sp³-hybridized carbons (Fsp3) is 0.235. The van der Waals surface area contributed by atoms with E-state index < -0.39 is 0 Å². The summed E-state index contributed by atoms with van der Waals surface area (Å²) in [5.74, 6) is 0.278. The second kappa shape index (κ2) is 5.55. The largest absolute Gasteiger partial charge is 0.489 e. The minimum absolute atomic E-state index is 0.141. The zero-order valence-electron chi connectivity index (χ0n) is 11.3. The molecule has 1 unspecified atom stereocenters. The predicted molar refractivity (Wildman–Crippen MR) is 75.2 cm³/mol. The molecule has 0 aliphatic heterocycles. The Bertz CT molecular complexity index is 721. The molecule has 2 aromatic rings. The van der Waals surface area contributed by atoms with Gasteiger partial charge in [-0.05, 0) is 54.3 Å². The number of aliphatic hydroxyl groups is 1. The van der Waals surface area contributed by atoms with E-state index in [0.29, 0.717) is 16.9 Å². The number of aliphatic hydroxyl groups excluding tert-OH is 1. The summed E-state index contributed by atoms with van der Waals surface area (Å²) in [6.07, 6.45) is 1.18. The quantitative estimate of drug-likeness (QED) is 0.940. The highest BCUT2D eigenvalue weighted by molar-refractivity contribution is 5.41. The molecule has 0 bridgehead atoms. The molecule has 0 saturated carbocycles. The fourth-order valence-corrected chi connectivity index (χ4v) is 2.61. The van der Waals surface area contributed by atoms with Crippen LogP contribution in [-0.4, -0.2) is 5.11 Å². The average molecular weight is 283 g/mol. The summed E-state index contributed by atoms with van der Waals surface area (Å²) in [7, 11) is 0. The van der Waals surface area contributed by atoms with Crippen molar-refractivity contribution in [3.05, 3.63) is 64.5 Å². The third-order valence-electron chi connectivity index (χ3n) is 3.74. The Morgan fingerprint density at radius 3 is 2.95 bits per heavy atom. The topological polar surface area (TPSA) is 53.2 Å². The first kappa shape index (κ1) is 13.6. The molecule has 0 radical (unpaired) electrons. The van der Waals surface area contributed by atoms with Crippen molar-refractivity contribution in [2.75, 3.05) is 0 Å². The van der Waals surface area contributed by atoms with Gasteiger partial charge in [0.2, 0.25) is 0 Å². The molecule has 0 saturated heterocycles. The maximum atomic E-state index is 13.2. The average Bonchev–Trinajstić information content (AvgIpc) is 2.86. The van der Waals surface area contributed by atoms with E-state index in [0.717, 1.165) is 24.0 Å². The summed E-state index contributed by atoms with van der Waals surface area (Å²) < 4.78 is 18.9. The maximum absolute atomic E-state index is 13.2. The van der Waals surface area contributed by atoms with Crippen molar-refractivity contribution in [2.24, 2.45) is 0 Å². The number of benzene rings is 2. The van der Waals surface area contributed by atoms with Gasteiger partial charge in [0.25, 0.3) is 0 Å². The molecule has 106 valence electrons. The number of nitrogens with zero attached hydrogens (tertiary/aromatic N) is 1. The normalized spacial score (nSPS) is 16.3. The number of ether oxygens (including phenoxy) is 1. The van der Waals surface area contributed by atoms with Crippen molar-refractivity contribution >= 4 is 0 Å². The van der Waals surface area contributed by atoms with Gasteiger partial charge in [-0.1, -0.05) is 6.07 Å². The maximum Gasteiger partial charge on any atom is 0.123 e. The molecule has 1 atom stereocenters. The molecular formula is C17H14FNO2. The summed E-state index contributed by atoms with van der Waals surface area (Å²) in [6, 6.07) is 11.6. The van der Waals surface area contributed by atoms with Gasteiger partial charge >= 0.3 is 0 Å². The van der Waals surface area contributed by atoms with Crippen LogP contribution >= 0.6 is 0 Å². The molecule has 0 fully saturated rings. The van der Waals surface area contributed by atoms with Gasteiger partial charge in [0.15, 0.2) is 0 Å². The van der Waals surface area contributed by atoms with E-state index in [1.54, 1.807) is 6.07 Å². The van der Waals surface area contributed by atoms with E-state index in [1.165, 1.54) is 18.2 Å². The standard InChI is InChI=1S/C17H14FNO2/c18-14-3-1-12(9-19)13(7-14)10-21-15-4-5-16-11(8-15)2-6-17(16)20/h1,3-5,7-8,17,20H,2,6,10H2. The first-order chi connectivity index (χ1) is 10.2. The molecular weight excluding hydrogens is 269 g/mol. The lowest BCUT2D eigenvalue weighted by atomic mass is 10.1. The highest BCUT2D eigenvalue weighted by Gasteiger charge is 2.20. The third-order valence-corrected chi connectivity index (χ3v) is 3.74. The second-order valence-corrected chi connectivity index (χ2v) is 5.12. The van der Waals surface area contributed by atoms with Gasteiger partial charge in [0.05, 0.1) is 17.7 Å². The van der Waals surface area contributed by atoms with Crippen molar-refractivity contribution in [2.45, 2.75) is 25.6 Å². The van der Waals surface area contributed by atoms with Gasteiger partial charge in [0.1, 0.15) is 18.2 Å². The molecule has 2 aromatic carbocycles. The Labute approximate surface area is 122 Å². The molecule has 0 aromatic heterocycles. The molecule has 0 amide bonds. The lowest BCUT2D eigenvalue weighted by Gasteiger charge is -2.10. The minimum atomic E-state index is -0.387. The van der Waals surface area contributed by atoms with Gasteiger partial charge in [-0.15, -0.1) is 0 Å². The number of hydrogen-bond acceptors (Lipinski definition) is 3. The van der Waals surface area contributed by atoms with Crippen molar-refractivity contribution in [1.82, 2.24) is 0 Å². The van der Waals surface area contributed by atoms with Gasteiger partial charge in [-0.2, -0.15) is 5.26 Å². The molecule has 3 rings (SSSR count). The van der Waals surface area contributed by atoms with E-state index in [-0.39, 0.29) is 18.5 Å². The van der Waals surface area contributed by atoms with Crippen LogP contribution in [0.4, 0.5) is 4.39 Å². The zero-order chi connectivity index (χ0) is 14.8. The first-order valence-corrected chi connectivity index (χ1v) is 6.79. The highest BCUT2D eigenvalue weighted by atomic mass is 19.1. The van der Waals surface area contributed by atoms with Crippen molar-refractivity contribution in [1.29, 1.82) is 5.26 Å². The number of halogens is 1. The molecule has 3 nitrogen and oxygen atoms in total. The van der Waals surface area contributed by atoms with Gasteiger partial charge < -0.3 is 9.84 Å². The number of rotatable bonds is 3. The highest BCUT2D eigenvalue weighted by Crippen LogP contribution is 2.33. The lowest BCUT2D eigenvalue weighted by Crippen LogP contribution is -2.00. The van der Waals surface area contributed by atoms with Crippen LogP contribution in [-0.2, 0) is 13.0 Å². The SMILES string of the molecule is N#Cc1ccc(F)cc1COc1ccc2c(c1)CCC2O. The Morgan fingerprint density at radius 1 is 1.29 bits per heavy atom. The Balaban J connectivity index is 1.77. The second-order valence-electron chi connectivity index (χ2n) is 5.12. The van der Waals surface area contributed by atoms with E-state index in [2.05, 4.69) is 0 Å². The van der Waals surface area contributed by atoms with Crippen LogP contribution < -0.4 is 4.74 Å². The summed E-state index contributed by atoms with van der Waals surface area (Å²) >= 11 is 0. The minimum Gasteiger partial charge on any atom is -0.489 e. The first-order valence-electron chi connectivity index (χ1n) is 6.79. The van der Waals surface area contributed by atoms with Crippen LogP contribution in [0.2, 0.25) is 0 Å². The van der Waals surface area contributed by atoms with Gasteiger partial charge in [-0.3, -0.25) is 0 Å². The molecule has 0 heterocycles. The number of nitriles is 1. The van der Waals surface area contributed by atoms with E-state index in [9.17, 15) is 9.50 Å². The predicted octanol–water partition coefficient (Wildman–Crippen LogP) is 3.26. The summed E-state index contributed by atoms with van der Waals surface area (Å²) in [4.78, 5) is 0. The van der Waals surface area contributed by atoms with E-state index in [4.69, 9.17) is 10.00 Å². The number of aryl methyl sites for hydroxylation is 1.